The molecule has 1 unspecified atom stereocenters. The Morgan fingerprint density at radius 3 is 2.81 bits per heavy atom. The minimum atomic E-state index is -4.08. The third kappa shape index (κ3) is 2.77. The molecule has 1 aromatic carbocycles. The maximum Gasteiger partial charge on any atom is 0.246 e. The number of carbonyl (C=O) groups excluding carboxylic acids is 1. The molecule has 0 aliphatic carbocycles. The van der Waals surface area contributed by atoms with Crippen molar-refractivity contribution in [2.45, 2.75) is 36.9 Å². The minimum absolute atomic E-state index is 0.202. The summed E-state index contributed by atoms with van der Waals surface area (Å²) in [5.41, 5.74) is 1.64. The number of carbonyl (C=O) groups is 1. The van der Waals surface area contributed by atoms with Gasteiger partial charge in [0.25, 0.3) is 0 Å². The maximum atomic E-state index is 14.0. The van der Waals surface area contributed by atoms with E-state index >= 15 is 0 Å². The summed E-state index contributed by atoms with van der Waals surface area (Å²) in [6, 6.07) is 4.42. The Morgan fingerprint density at radius 2 is 2.04 bits per heavy atom. The van der Waals surface area contributed by atoms with E-state index in [4.69, 9.17) is 0 Å². The van der Waals surface area contributed by atoms with Crippen LogP contribution in [-0.2, 0) is 27.9 Å². The van der Waals surface area contributed by atoms with Gasteiger partial charge < -0.3 is 4.90 Å². The standard InChI is InChI=1S/C17H17FN4O3S/c18-13-4-1-2-6-16(13)26(24,25)22-7-3-5-15(22)17(23)21-9-12-8-19-11-20-14(12)10-21/h1-2,4,6,8,11,15H,3,5,7,9-10H2. The van der Waals surface area contributed by atoms with Gasteiger partial charge in [-0.25, -0.2) is 22.8 Å². The molecule has 0 N–H and O–H groups in total. The molecule has 136 valence electrons. The molecule has 0 spiro atoms. The van der Waals surface area contributed by atoms with Gasteiger partial charge in [0.2, 0.25) is 15.9 Å². The number of halogens is 1. The van der Waals surface area contributed by atoms with Crippen molar-refractivity contribution in [3.63, 3.8) is 0 Å². The Balaban J connectivity index is 1.59. The predicted octanol–water partition coefficient (Wildman–Crippen LogP) is 1.31. The van der Waals surface area contributed by atoms with Crippen LogP contribution in [0.5, 0.6) is 0 Å². The molecule has 2 aromatic rings. The monoisotopic (exact) mass is 376 g/mol. The number of amides is 1. The van der Waals surface area contributed by atoms with Crippen molar-refractivity contribution >= 4 is 15.9 Å². The molecular formula is C17H17FN4O3S. The molecule has 3 heterocycles. The molecule has 2 aliphatic rings. The van der Waals surface area contributed by atoms with E-state index in [1.807, 2.05) is 0 Å². The largest absolute Gasteiger partial charge is 0.331 e. The first-order valence-electron chi connectivity index (χ1n) is 8.31. The fourth-order valence-corrected chi connectivity index (χ4v) is 5.24. The molecule has 0 bridgehead atoms. The summed E-state index contributed by atoms with van der Waals surface area (Å²) < 4.78 is 41.0. The Hall–Kier alpha value is -2.39. The molecule has 0 saturated carbocycles. The number of fused-ring (bicyclic) bond motifs is 1. The van der Waals surface area contributed by atoms with Crippen molar-refractivity contribution in [1.82, 2.24) is 19.2 Å². The fraction of sp³-hybridized carbons (Fsp3) is 0.353. The Morgan fingerprint density at radius 1 is 1.23 bits per heavy atom. The SMILES string of the molecule is O=C(C1CCCN1S(=O)(=O)c1ccccc1F)N1Cc2cncnc2C1. The zero-order chi connectivity index (χ0) is 18.3. The van der Waals surface area contributed by atoms with E-state index in [9.17, 15) is 17.6 Å². The van der Waals surface area contributed by atoms with Crippen molar-refractivity contribution in [2.24, 2.45) is 0 Å². The lowest BCUT2D eigenvalue weighted by Crippen LogP contribution is -2.46. The third-order valence-electron chi connectivity index (χ3n) is 4.81. The summed E-state index contributed by atoms with van der Waals surface area (Å²) in [6.45, 7) is 0.896. The molecule has 1 aromatic heterocycles. The lowest BCUT2D eigenvalue weighted by atomic mass is 10.2. The molecule has 0 radical (unpaired) electrons. The van der Waals surface area contributed by atoms with Crippen LogP contribution in [0.3, 0.4) is 0 Å². The van der Waals surface area contributed by atoms with E-state index in [-0.39, 0.29) is 12.5 Å². The van der Waals surface area contributed by atoms with Crippen LogP contribution in [0.1, 0.15) is 24.1 Å². The average molecular weight is 376 g/mol. The van der Waals surface area contributed by atoms with Gasteiger partial charge in [-0.15, -0.1) is 0 Å². The van der Waals surface area contributed by atoms with Crippen LogP contribution in [0.25, 0.3) is 0 Å². The first kappa shape index (κ1) is 17.0. The van der Waals surface area contributed by atoms with Gasteiger partial charge in [0.1, 0.15) is 23.1 Å². The predicted molar refractivity (Wildman–Crippen MR) is 89.6 cm³/mol. The molecule has 1 atom stereocenters. The zero-order valence-electron chi connectivity index (χ0n) is 13.9. The first-order valence-corrected chi connectivity index (χ1v) is 9.75. The van der Waals surface area contributed by atoms with Gasteiger partial charge in [-0.1, -0.05) is 12.1 Å². The van der Waals surface area contributed by atoms with E-state index in [2.05, 4.69) is 9.97 Å². The van der Waals surface area contributed by atoms with Crippen LogP contribution < -0.4 is 0 Å². The summed E-state index contributed by atoms with van der Waals surface area (Å²) in [7, 11) is -4.08. The van der Waals surface area contributed by atoms with Crippen LogP contribution in [0.2, 0.25) is 0 Å². The third-order valence-corrected chi connectivity index (χ3v) is 6.75. The Labute approximate surface area is 150 Å². The van der Waals surface area contributed by atoms with Crippen LogP contribution >= 0.6 is 0 Å². The summed E-state index contributed by atoms with van der Waals surface area (Å²) in [4.78, 5) is 22.3. The molecular weight excluding hydrogens is 359 g/mol. The minimum Gasteiger partial charge on any atom is -0.331 e. The van der Waals surface area contributed by atoms with E-state index in [0.29, 0.717) is 25.9 Å². The van der Waals surface area contributed by atoms with Crippen molar-refractivity contribution in [3.8, 4) is 0 Å². The second-order valence-electron chi connectivity index (χ2n) is 6.39. The van der Waals surface area contributed by atoms with Gasteiger partial charge in [-0.05, 0) is 25.0 Å². The van der Waals surface area contributed by atoms with Gasteiger partial charge in [-0.2, -0.15) is 4.31 Å². The highest BCUT2D eigenvalue weighted by atomic mass is 32.2. The van der Waals surface area contributed by atoms with Crippen molar-refractivity contribution in [3.05, 3.63) is 53.9 Å². The lowest BCUT2D eigenvalue weighted by molar-refractivity contribution is -0.135. The van der Waals surface area contributed by atoms with Gasteiger partial charge >= 0.3 is 0 Å². The second kappa shape index (κ2) is 6.40. The van der Waals surface area contributed by atoms with E-state index in [0.717, 1.165) is 21.6 Å². The fourth-order valence-electron chi connectivity index (χ4n) is 3.52. The molecule has 4 rings (SSSR count). The number of benzene rings is 1. The van der Waals surface area contributed by atoms with E-state index in [1.165, 1.54) is 24.5 Å². The number of sulfonamides is 1. The van der Waals surface area contributed by atoms with Gasteiger partial charge in [0, 0.05) is 24.8 Å². The van der Waals surface area contributed by atoms with Crippen molar-refractivity contribution in [2.75, 3.05) is 6.54 Å². The molecule has 9 heteroatoms. The number of nitrogens with zero attached hydrogens (tertiary/aromatic N) is 4. The number of rotatable bonds is 3. The molecule has 1 fully saturated rings. The smallest absolute Gasteiger partial charge is 0.246 e. The summed E-state index contributed by atoms with van der Waals surface area (Å²) in [5, 5.41) is 0. The summed E-state index contributed by atoms with van der Waals surface area (Å²) in [6.07, 6.45) is 4.07. The van der Waals surface area contributed by atoms with E-state index < -0.39 is 26.8 Å². The highest BCUT2D eigenvalue weighted by Gasteiger charge is 2.43. The van der Waals surface area contributed by atoms with Gasteiger partial charge in [0.05, 0.1) is 12.2 Å². The molecule has 26 heavy (non-hydrogen) atoms. The maximum absolute atomic E-state index is 14.0. The molecule has 7 nitrogen and oxygen atoms in total. The number of aromatic nitrogens is 2. The van der Waals surface area contributed by atoms with Crippen LogP contribution in [0.4, 0.5) is 4.39 Å². The van der Waals surface area contributed by atoms with Crippen molar-refractivity contribution < 1.29 is 17.6 Å². The Bertz CT molecular complexity index is 941. The molecule has 1 amide bonds. The lowest BCUT2D eigenvalue weighted by Gasteiger charge is -2.27. The van der Waals surface area contributed by atoms with Crippen LogP contribution in [-0.4, -0.2) is 46.1 Å². The Kier molecular flexibility index (Phi) is 4.20. The quantitative estimate of drug-likeness (QED) is 0.807. The average Bonchev–Trinajstić information content (AvgIpc) is 3.28. The normalized spacial score (nSPS) is 20.3. The highest BCUT2D eigenvalue weighted by Crippen LogP contribution is 2.30. The second-order valence-corrected chi connectivity index (χ2v) is 8.25. The number of hydrogen-bond donors (Lipinski definition) is 0. The summed E-state index contributed by atoms with van der Waals surface area (Å²) >= 11 is 0. The summed E-state index contributed by atoms with van der Waals surface area (Å²) in [5.74, 6) is -1.09. The van der Waals surface area contributed by atoms with E-state index in [1.54, 1.807) is 11.1 Å². The van der Waals surface area contributed by atoms with Crippen LogP contribution in [0, 0.1) is 5.82 Å². The van der Waals surface area contributed by atoms with Gasteiger partial charge in [-0.3, -0.25) is 4.79 Å². The van der Waals surface area contributed by atoms with Crippen LogP contribution in [0.15, 0.2) is 41.7 Å². The van der Waals surface area contributed by atoms with Crippen molar-refractivity contribution in [1.29, 1.82) is 0 Å². The molecule has 2 aliphatic heterocycles. The topological polar surface area (TPSA) is 83.5 Å². The number of hydrogen-bond acceptors (Lipinski definition) is 5. The zero-order valence-corrected chi connectivity index (χ0v) is 14.7. The highest BCUT2D eigenvalue weighted by molar-refractivity contribution is 7.89. The molecule has 1 saturated heterocycles. The first-order chi connectivity index (χ1) is 12.5. The van der Waals surface area contributed by atoms with Gasteiger partial charge in [0.15, 0.2) is 0 Å².